The summed E-state index contributed by atoms with van der Waals surface area (Å²) in [5.41, 5.74) is 0. The highest BCUT2D eigenvalue weighted by Gasteiger charge is 2.48. The first-order valence-electron chi connectivity index (χ1n) is 2.58. The van der Waals surface area contributed by atoms with Crippen molar-refractivity contribution in [3.63, 3.8) is 0 Å². The van der Waals surface area contributed by atoms with Gasteiger partial charge in [-0.05, 0) is 6.42 Å². The first kappa shape index (κ1) is 9.23. The van der Waals surface area contributed by atoms with Crippen LogP contribution in [0, 0.1) is 11.8 Å². The van der Waals surface area contributed by atoms with Gasteiger partial charge in [0.1, 0.15) is 0 Å². The molecule has 2 N–H and O–H groups in total. The molecule has 0 aliphatic heterocycles. The molecule has 0 aromatic carbocycles. The number of hydrogen-bond donors (Lipinski definition) is 2. The van der Waals surface area contributed by atoms with Gasteiger partial charge in [0.05, 0.1) is 11.8 Å². The molecule has 0 aromatic rings. The second-order valence-corrected chi connectivity index (χ2v) is 2.13. The molecule has 0 unspecified atom stereocenters. The van der Waals surface area contributed by atoms with E-state index in [1.807, 2.05) is 0 Å². The summed E-state index contributed by atoms with van der Waals surface area (Å²) >= 11 is 0. The second kappa shape index (κ2) is 2.88. The molecule has 2 atom stereocenters. The summed E-state index contributed by atoms with van der Waals surface area (Å²) in [4.78, 5) is 20.0. The quantitative estimate of drug-likeness (QED) is 0.615. The zero-order chi connectivity index (χ0) is 7.02. The SMILES string of the molecule is Cl.O=C(O)[C@@H]1C[C@H]1C(=O)O. The molecule has 0 heterocycles. The van der Waals surface area contributed by atoms with Gasteiger partial charge in [-0.3, -0.25) is 9.59 Å². The van der Waals surface area contributed by atoms with Crippen LogP contribution < -0.4 is 0 Å². The van der Waals surface area contributed by atoms with Gasteiger partial charge in [-0.2, -0.15) is 0 Å². The molecular formula is C5H7ClO4. The lowest BCUT2D eigenvalue weighted by Gasteiger charge is -1.84. The maximum absolute atomic E-state index is 10.0. The van der Waals surface area contributed by atoms with E-state index in [-0.39, 0.29) is 12.4 Å². The molecule has 5 heteroatoms. The van der Waals surface area contributed by atoms with E-state index in [0.29, 0.717) is 6.42 Å². The van der Waals surface area contributed by atoms with Crippen LogP contribution in [0.3, 0.4) is 0 Å². The largest absolute Gasteiger partial charge is 0.481 e. The summed E-state index contributed by atoms with van der Waals surface area (Å²) in [6.07, 6.45) is 0.296. The van der Waals surface area contributed by atoms with Crippen LogP contribution in [0.2, 0.25) is 0 Å². The van der Waals surface area contributed by atoms with E-state index in [4.69, 9.17) is 10.2 Å². The van der Waals surface area contributed by atoms with Crippen molar-refractivity contribution >= 4 is 24.3 Å². The van der Waals surface area contributed by atoms with Crippen molar-refractivity contribution < 1.29 is 19.8 Å². The monoisotopic (exact) mass is 166 g/mol. The van der Waals surface area contributed by atoms with Crippen LogP contribution in [-0.4, -0.2) is 22.2 Å². The fourth-order valence-electron chi connectivity index (χ4n) is 0.741. The first-order chi connectivity index (χ1) is 4.13. The summed E-state index contributed by atoms with van der Waals surface area (Å²) in [5.74, 6) is -3.24. The van der Waals surface area contributed by atoms with Crippen molar-refractivity contribution in [1.82, 2.24) is 0 Å². The Kier molecular flexibility index (Phi) is 2.65. The van der Waals surface area contributed by atoms with Crippen LogP contribution in [0.1, 0.15) is 6.42 Å². The van der Waals surface area contributed by atoms with Gasteiger partial charge in [0.25, 0.3) is 0 Å². The summed E-state index contributed by atoms with van der Waals surface area (Å²) in [6, 6.07) is 0. The number of carboxylic acids is 2. The first-order valence-corrected chi connectivity index (χ1v) is 2.58. The zero-order valence-electron chi connectivity index (χ0n) is 4.98. The van der Waals surface area contributed by atoms with E-state index in [9.17, 15) is 9.59 Å². The van der Waals surface area contributed by atoms with Gasteiger partial charge in [-0.1, -0.05) is 0 Å². The number of aliphatic carboxylic acids is 2. The summed E-state index contributed by atoms with van der Waals surface area (Å²) in [5, 5.41) is 16.4. The second-order valence-electron chi connectivity index (χ2n) is 2.13. The molecule has 0 radical (unpaired) electrons. The Hall–Kier alpha value is -0.770. The van der Waals surface area contributed by atoms with Crippen LogP contribution in [0.4, 0.5) is 0 Å². The van der Waals surface area contributed by atoms with E-state index in [2.05, 4.69) is 0 Å². The molecule has 0 aromatic heterocycles. The predicted octanol–water partition coefficient (Wildman–Crippen LogP) is 0.213. The van der Waals surface area contributed by atoms with Crippen LogP contribution in [0.5, 0.6) is 0 Å². The normalized spacial score (nSPS) is 28.4. The molecule has 58 valence electrons. The number of carboxylic acid groups (broad SMARTS) is 2. The molecule has 10 heavy (non-hydrogen) atoms. The van der Waals surface area contributed by atoms with Crippen LogP contribution in [0.15, 0.2) is 0 Å². The van der Waals surface area contributed by atoms with Gasteiger partial charge in [0, 0.05) is 0 Å². The van der Waals surface area contributed by atoms with E-state index >= 15 is 0 Å². The average molecular weight is 167 g/mol. The maximum atomic E-state index is 10.0. The van der Waals surface area contributed by atoms with Crippen molar-refractivity contribution in [2.75, 3.05) is 0 Å². The number of hydrogen-bond acceptors (Lipinski definition) is 2. The van der Waals surface area contributed by atoms with Gasteiger partial charge in [-0.15, -0.1) is 12.4 Å². The van der Waals surface area contributed by atoms with E-state index in [1.165, 1.54) is 0 Å². The molecule has 1 fully saturated rings. The maximum Gasteiger partial charge on any atom is 0.307 e. The molecule has 1 saturated carbocycles. The molecule has 4 nitrogen and oxygen atoms in total. The summed E-state index contributed by atoms with van der Waals surface area (Å²) < 4.78 is 0. The Bertz CT molecular complexity index is 149. The zero-order valence-corrected chi connectivity index (χ0v) is 5.80. The van der Waals surface area contributed by atoms with Gasteiger partial charge in [0.2, 0.25) is 0 Å². The third-order valence-electron chi connectivity index (χ3n) is 1.42. The smallest absolute Gasteiger partial charge is 0.307 e. The minimum absolute atomic E-state index is 0. The third kappa shape index (κ3) is 1.60. The molecule has 1 aliphatic carbocycles. The molecule has 0 spiro atoms. The topological polar surface area (TPSA) is 74.6 Å². The van der Waals surface area contributed by atoms with Crippen molar-refractivity contribution in [3.8, 4) is 0 Å². The lowest BCUT2D eigenvalue weighted by molar-refractivity contribution is -0.144. The van der Waals surface area contributed by atoms with Crippen molar-refractivity contribution in [2.45, 2.75) is 6.42 Å². The van der Waals surface area contributed by atoms with Gasteiger partial charge in [-0.25, -0.2) is 0 Å². The van der Waals surface area contributed by atoms with E-state index in [1.54, 1.807) is 0 Å². The highest BCUT2D eigenvalue weighted by Crippen LogP contribution is 2.38. The number of halogens is 1. The molecule has 1 aliphatic rings. The molecular weight excluding hydrogens is 160 g/mol. The lowest BCUT2D eigenvalue weighted by atomic mass is 10.3. The summed E-state index contributed by atoms with van der Waals surface area (Å²) in [7, 11) is 0. The van der Waals surface area contributed by atoms with Crippen molar-refractivity contribution in [1.29, 1.82) is 0 Å². The van der Waals surface area contributed by atoms with Crippen LogP contribution in [0.25, 0.3) is 0 Å². The van der Waals surface area contributed by atoms with Gasteiger partial charge < -0.3 is 10.2 Å². The van der Waals surface area contributed by atoms with Gasteiger partial charge >= 0.3 is 11.9 Å². The lowest BCUT2D eigenvalue weighted by Crippen LogP contribution is -2.05. The fraction of sp³-hybridized carbons (Fsp3) is 0.600. The fourth-order valence-corrected chi connectivity index (χ4v) is 0.741. The Morgan fingerprint density at radius 3 is 1.50 bits per heavy atom. The molecule has 0 amide bonds. The van der Waals surface area contributed by atoms with Gasteiger partial charge in [0.15, 0.2) is 0 Å². The Labute approximate surface area is 63.3 Å². The van der Waals surface area contributed by atoms with Crippen molar-refractivity contribution in [2.24, 2.45) is 11.8 Å². The Morgan fingerprint density at radius 1 is 1.10 bits per heavy atom. The molecule has 1 rings (SSSR count). The minimum atomic E-state index is -0.998. The van der Waals surface area contributed by atoms with E-state index in [0.717, 1.165) is 0 Å². The third-order valence-corrected chi connectivity index (χ3v) is 1.42. The Morgan fingerprint density at radius 2 is 1.40 bits per heavy atom. The van der Waals surface area contributed by atoms with Crippen molar-refractivity contribution in [3.05, 3.63) is 0 Å². The minimum Gasteiger partial charge on any atom is -0.481 e. The standard InChI is InChI=1S/C5H6O4.ClH/c6-4(7)2-1-3(2)5(8)9;/h2-3H,1H2,(H,6,7)(H,8,9);1H/t2-,3-;/m1./s1. The van der Waals surface area contributed by atoms with Crippen LogP contribution >= 0.6 is 12.4 Å². The summed E-state index contributed by atoms with van der Waals surface area (Å²) in [6.45, 7) is 0. The average Bonchev–Trinajstić information content (AvgIpc) is 2.39. The number of carbonyl (C=O) groups is 2. The highest BCUT2D eigenvalue weighted by atomic mass is 35.5. The molecule has 0 bridgehead atoms. The van der Waals surface area contributed by atoms with E-state index < -0.39 is 23.8 Å². The van der Waals surface area contributed by atoms with Crippen LogP contribution in [-0.2, 0) is 9.59 Å². The molecule has 0 saturated heterocycles. The Balaban J connectivity index is 0.000000810. The predicted molar refractivity (Wildman–Crippen MR) is 34.1 cm³/mol. The highest BCUT2D eigenvalue weighted by molar-refractivity contribution is 5.85. The number of rotatable bonds is 2.